The van der Waals surface area contributed by atoms with Crippen molar-refractivity contribution in [1.29, 1.82) is 0 Å². The fourth-order valence-corrected chi connectivity index (χ4v) is 3.26. The van der Waals surface area contributed by atoms with Crippen molar-refractivity contribution in [3.8, 4) is 5.88 Å². The molecular formula is C21H20N4O2. The van der Waals surface area contributed by atoms with Crippen LogP contribution in [0.3, 0.4) is 0 Å². The number of aromatic nitrogens is 2. The molecule has 4 rings (SSSR count). The zero-order valence-electron chi connectivity index (χ0n) is 15.0. The summed E-state index contributed by atoms with van der Waals surface area (Å²) in [5, 5.41) is 6.21. The molecule has 1 aliphatic heterocycles. The van der Waals surface area contributed by atoms with Crippen LogP contribution >= 0.6 is 0 Å². The molecule has 0 saturated carbocycles. The van der Waals surface area contributed by atoms with Crippen LogP contribution in [0.15, 0.2) is 54.9 Å². The number of pyridine rings is 2. The third-order valence-electron chi connectivity index (χ3n) is 4.59. The SMILES string of the molecule is COc1ccc(Cc2ccnc(NC(=O)c3cccc4c3CCN4)c2)cn1. The van der Waals surface area contributed by atoms with Crippen molar-refractivity contribution in [2.75, 3.05) is 24.3 Å². The molecule has 3 aromatic rings. The second kappa shape index (κ2) is 7.45. The van der Waals surface area contributed by atoms with Gasteiger partial charge in [-0.1, -0.05) is 12.1 Å². The lowest BCUT2D eigenvalue weighted by Crippen LogP contribution is -2.15. The fourth-order valence-electron chi connectivity index (χ4n) is 3.26. The van der Waals surface area contributed by atoms with Gasteiger partial charge in [0.05, 0.1) is 7.11 Å². The van der Waals surface area contributed by atoms with Crippen LogP contribution in [-0.2, 0) is 12.8 Å². The van der Waals surface area contributed by atoms with Crippen LogP contribution in [0.4, 0.5) is 11.5 Å². The highest BCUT2D eigenvalue weighted by Crippen LogP contribution is 2.26. The molecule has 0 bridgehead atoms. The lowest BCUT2D eigenvalue weighted by molar-refractivity contribution is 0.102. The van der Waals surface area contributed by atoms with Gasteiger partial charge in [0.15, 0.2) is 0 Å². The number of hydrogen-bond acceptors (Lipinski definition) is 5. The maximum absolute atomic E-state index is 12.7. The number of rotatable bonds is 5. The van der Waals surface area contributed by atoms with Gasteiger partial charge in [0, 0.05) is 36.3 Å². The van der Waals surface area contributed by atoms with Gasteiger partial charge in [-0.3, -0.25) is 4.79 Å². The minimum atomic E-state index is -0.133. The smallest absolute Gasteiger partial charge is 0.257 e. The van der Waals surface area contributed by atoms with E-state index in [9.17, 15) is 4.79 Å². The summed E-state index contributed by atoms with van der Waals surface area (Å²) in [6.07, 6.45) is 5.06. The van der Waals surface area contributed by atoms with E-state index >= 15 is 0 Å². The largest absolute Gasteiger partial charge is 0.481 e. The first-order chi connectivity index (χ1) is 13.2. The second-order valence-corrected chi connectivity index (χ2v) is 6.40. The van der Waals surface area contributed by atoms with E-state index in [1.54, 1.807) is 19.5 Å². The van der Waals surface area contributed by atoms with Crippen LogP contribution in [0.2, 0.25) is 0 Å². The van der Waals surface area contributed by atoms with Crippen molar-refractivity contribution in [2.24, 2.45) is 0 Å². The third-order valence-corrected chi connectivity index (χ3v) is 4.59. The van der Waals surface area contributed by atoms with Crippen molar-refractivity contribution >= 4 is 17.4 Å². The first-order valence-corrected chi connectivity index (χ1v) is 8.84. The number of hydrogen-bond donors (Lipinski definition) is 2. The van der Waals surface area contributed by atoms with Gasteiger partial charge in [-0.15, -0.1) is 0 Å². The zero-order valence-corrected chi connectivity index (χ0v) is 15.0. The quantitative estimate of drug-likeness (QED) is 0.730. The van der Waals surface area contributed by atoms with E-state index in [4.69, 9.17) is 4.74 Å². The number of fused-ring (bicyclic) bond motifs is 1. The summed E-state index contributed by atoms with van der Waals surface area (Å²) in [5.41, 5.74) is 4.91. The topological polar surface area (TPSA) is 76.1 Å². The Hall–Kier alpha value is -3.41. The highest BCUT2D eigenvalue weighted by Gasteiger charge is 2.18. The van der Waals surface area contributed by atoms with Crippen molar-refractivity contribution < 1.29 is 9.53 Å². The molecule has 0 atom stereocenters. The van der Waals surface area contributed by atoms with Crippen LogP contribution in [0.1, 0.15) is 27.0 Å². The molecule has 6 nitrogen and oxygen atoms in total. The molecule has 1 aromatic carbocycles. The van der Waals surface area contributed by atoms with E-state index in [1.165, 1.54) is 0 Å². The van der Waals surface area contributed by atoms with E-state index in [-0.39, 0.29) is 5.91 Å². The second-order valence-electron chi connectivity index (χ2n) is 6.40. The summed E-state index contributed by atoms with van der Waals surface area (Å²) in [4.78, 5) is 21.2. The number of carbonyl (C=O) groups excluding carboxylic acids is 1. The zero-order chi connectivity index (χ0) is 18.6. The Balaban J connectivity index is 1.49. The Morgan fingerprint density at radius 3 is 2.93 bits per heavy atom. The molecule has 2 aromatic heterocycles. The Morgan fingerprint density at radius 2 is 2.11 bits per heavy atom. The Bertz CT molecular complexity index is 970. The first-order valence-electron chi connectivity index (χ1n) is 8.84. The average molecular weight is 360 g/mol. The molecule has 0 spiro atoms. The monoisotopic (exact) mass is 360 g/mol. The standard InChI is InChI=1S/C21H20N4O2/c1-27-20-6-5-15(13-24-20)11-14-7-9-23-19(12-14)25-21(26)17-3-2-4-18-16(17)8-10-22-18/h2-7,9,12-13,22H,8,10-11H2,1H3,(H,23,25,26). The van der Waals surface area contributed by atoms with Crippen molar-refractivity contribution in [1.82, 2.24) is 9.97 Å². The predicted octanol–water partition coefficient (Wildman–Crippen LogP) is 3.30. The van der Waals surface area contributed by atoms with Crippen LogP contribution < -0.4 is 15.4 Å². The summed E-state index contributed by atoms with van der Waals surface area (Å²) >= 11 is 0. The van der Waals surface area contributed by atoms with Gasteiger partial charge in [0.25, 0.3) is 5.91 Å². The molecule has 0 fully saturated rings. The Kier molecular flexibility index (Phi) is 4.70. The molecule has 1 aliphatic rings. The number of anilines is 2. The van der Waals surface area contributed by atoms with Gasteiger partial charge in [-0.2, -0.15) is 0 Å². The van der Waals surface area contributed by atoms with Gasteiger partial charge in [0.1, 0.15) is 5.82 Å². The van der Waals surface area contributed by atoms with Crippen LogP contribution in [0.25, 0.3) is 0 Å². The van der Waals surface area contributed by atoms with Crippen LogP contribution in [-0.4, -0.2) is 29.5 Å². The number of carbonyl (C=O) groups is 1. The van der Waals surface area contributed by atoms with Gasteiger partial charge in [0.2, 0.25) is 5.88 Å². The van der Waals surface area contributed by atoms with Crippen molar-refractivity contribution in [3.63, 3.8) is 0 Å². The average Bonchev–Trinajstić information content (AvgIpc) is 3.17. The minimum Gasteiger partial charge on any atom is -0.481 e. The van der Waals surface area contributed by atoms with E-state index in [1.807, 2.05) is 42.5 Å². The molecule has 136 valence electrons. The molecular weight excluding hydrogens is 340 g/mol. The predicted molar refractivity (Wildman–Crippen MR) is 104 cm³/mol. The molecule has 0 saturated heterocycles. The molecule has 0 aliphatic carbocycles. The number of amides is 1. The number of methoxy groups -OCH3 is 1. The van der Waals surface area contributed by atoms with Crippen LogP contribution in [0.5, 0.6) is 5.88 Å². The van der Waals surface area contributed by atoms with E-state index < -0.39 is 0 Å². The minimum absolute atomic E-state index is 0.133. The summed E-state index contributed by atoms with van der Waals surface area (Å²) in [6, 6.07) is 13.4. The van der Waals surface area contributed by atoms with Gasteiger partial charge < -0.3 is 15.4 Å². The number of ether oxygens (including phenoxy) is 1. The molecule has 2 N–H and O–H groups in total. The maximum atomic E-state index is 12.7. The normalized spacial score (nSPS) is 12.2. The summed E-state index contributed by atoms with van der Waals surface area (Å²) in [6.45, 7) is 0.864. The molecule has 6 heteroatoms. The van der Waals surface area contributed by atoms with E-state index in [0.717, 1.165) is 35.3 Å². The lowest BCUT2D eigenvalue weighted by atomic mass is 10.0. The molecule has 3 heterocycles. The number of benzene rings is 1. The van der Waals surface area contributed by atoms with Gasteiger partial charge in [-0.25, -0.2) is 9.97 Å². The van der Waals surface area contributed by atoms with Crippen molar-refractivity contribution in [2.45, 2.75) is 12.8 Å². The number of nitrogens with one attached hydrogen (secondary N) is 2. The third kappa shape index (κ3) is 3.74. The van der Waals surface area contributed by atoms with E-state index in [2.05, 4.69) is 20.6 Å². The molecule has 0 unspecified atom stereocenters. The summed E-state index contributed by atoms with van der Waals surface area (Å²) in [5.74, 6) is 1.00. The summed E-state index contributed by atoms with van der Waals surface area (Å²) < 4.78 is 5.08. The summed E-state index contributed by atoms with van der Waals surface area (Å²) in [7, 11) is 1.60. The van der Waals surface area contributed by atoms with Gasteiger partial charge >= 0.3 is 0 Å². The highest BCUT2D eigenvalue weighted by molar-refractivity contribution is 6.06. The van der Waals surface area contributed by atoms with Crippen molar-refractivity contribution in [3.05, 3.63) is 77.1 Å². The molecule has 27 heavy (non-hydrogen) atoms. The Labute approximate surface area is 157 Å². The van der Waals surface area contributed by atoms with E-state index in [0.29, 0.717) is 23.7 Å². The van der Waals surface area contributed by atoms with Gasteiger partial charge in [-0.05, 0) is 53.8 Å². The number of nitrogens with zero attached hydrogens (tertiary/aromatic N) is 2. The maximum Gasteiger partial charge on any atom is 0.257 e. The highest BCUT2D eigenvalue weighted by atomic mass is 16.5. The lowest BCUT2D eigenvalue weighted by Gasteiger charge is -2.10. The first kappa shape index (κ1) is 17.0. The van der Waals surface area contributed by atoms with Crippen LogP contribution in [0, 0.1) is 0 Å². The fraction of sp³-hybridized carbons (Fsp3) is 0.190. The molecule has 0 radical (unpaired) electrons. The Morgan fingerprint density at radius 1 is 1.19 bits per heavy atom. The molecule has 1 amide bonds.